The van der Waals surface area contributed by atoms with Gasteiger partial charge in [-0.25, -0.2) is 0 Å². The van der Waals surface area contributed by atoms with Crippen molar-refractivity contribution in [2.24, 2.45) is 22.7 Å². The molecule has 2 aliphatic carbocycles. The number of rotatable bonds is 3. The van der Waals surface area contributed by atoms with Crippen molar-refractivity contribution >= 4 is 0 Å². The van der Waals surface area contributed by atoms with E-state index in [1.54, 1.807) is 5.57 Å². The van der Waals surface area contributed by atoms with Crippen molar-refractivity contribution < 1.29 is 0 Å². The van der Waals surface area contributed by atoms with E-state index in [1.165, 1.54) is 24.8 Å². The van der Waals surface area contributed by atoms with Crippen molar-refractivity contribution in [2.75, 3.05) is 0 Å². The molecule has 2 bridgehead atoms. The van der Waals surface area contributed by atoms with Crippen LogP contribution in [0.5, 0.6) is 0 Å². The van der Waals surface area contributed by atoms with Crippen molar-refractivity contribution in [3.05, 3.63) is 48.1 Å². The van der Waals surface area contributed by atoms with E-state index in [9.17, 15) is 0 Å². The Morgan fingerprint density at radius 3 is 2.65 bits per heavy atom. The highest BCUT2D eigenvalue weighted by Gasteiger charge is 2.46. The van der Waals surface area contributed by atoms with Crippen molar-refractivity contribution in [2.45, 2.75) is 53.9 Å². The fourth-order valence-corrected chi connectivity index (χ4v) is 4.19. The lowest BCUT2D eigenvalue weighted by atomic mass is 9.53. The number of hydrogen-bond acceptors (Lipinski definition) is 0. The zero-order valence-corrected chi connectivity index (χ0v) is 13.9. The molecular formula is C20H30. The summed E-state index contributed by atoms with van der Waals surface area (Å²) in [6.07, 6.45) is 15.5. The van der Waals surface area contributed by atoms with Crippen molar-refractivity contribution in [3.63, 3.8) is 0 Å². The van der Waals surface area contributed by atoms with Crippen LogP contribution in [-0.2, 0) is 0 Å². The van der Waals surface area contributed by atoms with Crippen LogP contribution in [0.2, 0.25) is 0 Å². The van der Waals surface area contributed by atoms with E-state index >= 15 is 0 Å². The topological polar surface area (TPSA) is 0 Å². The van der Waals surface area contributed by atoms with Crippen molar-refractivity contribution in [1.29, 1.82) is 0 Å². The van der Waals surface area contributed by atoms with E-state index in [2.05, 4.69) is 71.6 Å². The van der Waals surface area contributed by atoms with Gasteiger partial charge in [-0.15, -0.1) is 6.58 Å². The second kappa shape index (κ2) is 5.39. The van der Waals surface area contributed by atoms with Crippen LogP contribution in [0.1, 0.15) is 53.9 Å². The third kappa shape index (κ3) is 2.71. The molecule has 2 rings (SSSR count). The van der Waals surface area contributed by atoms with Crippen LogP contribution >= 0.6 is 0 Å². The average Bonchev–Trinajstić information content (AvgIpc) is 2.37. The van der Waals surface area contributed by atoms with Gasteiger partial charge in [0.2, 0.25) is 0 Å². The molecule has 0 aromatic heterocycles. The summed E-state index contributed by atoms with van der Waals surface area (Å²) in [4.78, 5) is 0. The molecule has 1 fully saturated rings. The van der Waals surface area contributed by atoms with Crippen LogP contribution in [0.3, 0.4) is 0 Å². The lowest BCUT2D eigenvalue weighted by Crippen LogP contribution is -2.42. The highest BCUT2D eigenvalue weighted by Crippen LogP contribution is 2.56. The van der Waals surface area contributed by atoms with Gasteiger partial charge < -0.3 is 0 Å². The fraction of sp³-hybridized carbons (Fsp3) is 0.600. The summed E-state index contributed by atoms with van der Waals surface area (Å²) < 4.78 is 0. The molecule has 110 valence electrons. The maximum atomic E-state index is 4.09. The molecule has 0 aromatic rings. The van der Waals surface area contributed by atoms with Gasteiger partial charge >= 0.3 is 0 Å². The minimum Gasteiger partial charge on any atom is -0.103 e. The van der Waals surface area contributed by atoms with Gasteiger partial charge in [-0.2, -0.15) is 0 Å². The molecule has 2 aliphatic rings. The van der Waals surface area contributed by atoms with Crippen LogP contribution in [-0.4, -0.2) is 0 Å². The van der Waals surface area contributed by atoms with Crippen LogP contribution in [0.25, 0.3) is 0 Å². The van der Waals surface area contributed by atoms with E-state index in [4.69, 9.17) is 0 Å². The van der Waals surface area contributed by atoms with Gasteiger partial charge in [-0.3, -0.25) is 0 Å². The Bertz CT molecular complexity index is 472. The van der Waals surface area contributed by atoms with E-state index < -0.39 is 0 Å². The number of hydrogen-bond donors (Lipinski definition) is 0. The number of allylic oxidation sites excluding steroid dienone is 7. The Balaban J connectivity index is 2.32. The summed E-state index contributed by atoms with van der Waals surface area (Å²) in [5.74, 6) is 1.48. The third-order valence-electron chi connectivity index (χ3n) is 5.67. The summed E-state index contributed by atoms with van der Waals surface area (Å²) in [6.45, 7) is 15.5. The lowest BCUT2D eigenvalue weighted by molar-refractivity contribution is 0.0923. The van der Waals surface area contributed by atoms with E-state index in [1.807, 2.05) is 0 Å². The number of fused-ring (bicyclic) bond motifs is 2. The van der Waals surface area contributed by atoms with Crippen molar-refractivity contribution in [1.82, 2.24) is 0 Å². The monoisotopic (exact) mass is 270 g/mol. The summed E-state index contributed by atoms with van der Waals surface area (Å²) >= 11 is 0. The highest BCUT2D eigenvalue weighted by atomic mass is 14.5. The molecule has 20 heavy (non-hydrogen) atoms. The molecule has 0 nitrogen and oxygen atoms in total. The molecule has 0 amide bonds. The van der Waals surface area contributed by atoms with Gasteiger partial charge in [-0.1, -0.05) is 55.4 Å². The first kappa shape index (κ1) is 15.4. The molecule has 0 unspecified atom stereocenters. The van der Waals surface area contributed by atoms with Crippen LogP contribution in [0.4, 0.5) is 0 Å². The zero-order valence-electron chi connectivity index (χ0n) is 13.9. The molecule has 1 saturated carbocycles. The molecule has 0 heteroatoms. The quantitative estimate of drug-likeness (QED) is 0.430. The first-order chi connectivity index (χ1) is 9.31. The van der Waals surface area contributed by atoms with E-state index in [0.717, 1.165) is 5.92 Å². The average molecular weight is 270 g/mol. The van der Waals surface area contributed by atoms with Gasteiger partial charge in [0.05, 0.1) is 0 Å². The van der Waals surface area contributed by atoms with Crippen LogP contribution < -0.4 is 0 Å². The first-order valence-electron chi connectivity index (χ1n) is 7.96. The molecule has 0 spiro atoms. The minimum atomic E-state index is 0.231. The van der Waals surface area contributed by atoms with Crippen molar-refractivity contribution in [3.8, 4) is 0 Å². The Morgan fingerprint density at radius 2 is 2.05 bits per heavy atom. The summed E-state index contributed by atoms with van der Waals surface area (Å²) in [5, 5.41) is 0. The third-order valence-corrected chi connectivity index (χ3v) is 5.67. The maximum Gasteiger partial charge on any atom is 0.00669 e. The van der Waals surface area contributed by atoms with Gasteiger partial charge in [0.15, 0.2) is 0 Å². The molecule has 0 aromatic carbocycles. The zero-order chi connectivity index (χ0) is 15.0. The lowest BCUT2D eigenvalue weighted by Gasteiger charge is -2.51. The standard InChI is InChI=1S/C20H30/c1-7-19(5)12-10-17-13-18(19)16(4)14-20(17,6)11-8-9-15(2)3/h7-9,11,14,17-18H,1,10,12-13H2,2-6H3/b11-8+/t17-,18+,19-,20+/m0/s1. The Morgan fingerprint density at radius 1 is 1.35 bits per heavy atom. The SMILES string of the molecule is C=C[C@@]1(C)CC[C@H]2C[C@@H]1C(C)=C[C@@]2(C)/C=C/C=C(C)C. The van der Waals surface area contributed by atoms with Crippen LogP contribution in [0, 0.1) is 22.7 Å². The molecule has 0 saturated heterocycles. The van der Waals surface area contributed by atoms with Gasteiger partial charge in [0.25, 0.3) is 0 Å². The smallest absolute Gasteiger partial charge is 0.00669 e. The maximum absolute atomic E-state index is 4.09. The first-order valence-corrected chi connectivity index (χ1v) is 7.96. The second-order valence-corrected chi connectivity index (χ2v) is 7.59. The Hall–Kier alpha value is -1.04. The molecule has 0 heterocycles. The largest absolute Gasteiger partial charge is 0.103 e. The predicted octanol–water partition coefficient (Wildman–Crippen LogP) is 6.08. The summed E-state index contributed by atoms with van der Waals surface area (Å²) in [5.41, 5.74) is 3.46. The molecule has 4 atom stereocenters. The Kier molecular flexibility index (Phi) is 4.14. The summed E-state index contributed by atoms with van der Waals surface area (Å²) in [7, 11) is 0. The second-order valence-electron chi connectivity index (χ2n) is 7.59. The molecule has 0 N–H and O–H groups in total. The normalized spacial score (nSPS) is 40.4. The van der Waals surface area contributed by atoms with Gasteiger partial charge in [0.1, 0.15) is 0 Å². The van der Waals surface area contributed by atoms with Gasteiger partial charge in [0, 0.05) is 5.41 Å². The highest BCUT2D eigenvalue weighted by molar-refractivity contribution is 5.28. The predicted molar refractivity (Wildman–Crippen MR) is 89.6 cm³/mol. The minimum absolute atomic E-state index is 0.231. The fourth-order valence-electron chi connectivity index (χ4n) is 4.19. The molecular weight excluding hydrogens is 240 g/mol. The van der Waals surface area contributed by atoms with Gasteiger partial charge in [-0.05, 0) is 57.3 Å². The molecule has 0 aliphatic heterocycles. The van der Waals surface area contributed by atoms with E-state index in [-0.39, 0.29) is 5.41 Å². The molecule has 0 radical (unpaired) electrons. The Labute approximate surface area is 125 Å². The van der Waals surface area contributed by atoms with E-state index in [0.29, 0.717) is 11.3 Å². The summed E-state index contributed by atoms with van der Waals surface area (Å²) in [6, 6.07) is 0. The van der Waals surface area contributed by atoms with Crippen LogP contribution in [0.15, 0.2) is 48.1 Å².